The van der Waals surface area contributed by atoms with E-state index in [9.17, 15) is 9.59 Å². The number of rotatable bonds is 2. The first-order valence-electron chi connectivity index (χ1n) is 4.99. The number of allylic oxidation sites excluding steroid dienone is 1. The SMILES string of the molecule is COC(=O)C1CC2C=CC1(C(=O)OC)C2. The van der Waals surface area contributed by atoms with Gasteiger partial charge in [0.25, 0.3) is 0 Å². The van der Waals surface area contributed by atoms with E-state index in [2.05, 4.69) is 0 Å². The van der Waals surface area contributed by atoms with E-state index in [-0.39, 0.29) is 17.9 Å². The fourth-order valence-electron chi connectivity index (χ4n) is 2.74. The lowest BCUT2D eigenvalue weighted by molar-refractivity contribution is -0.161. The van der Waals surface area contributed by atoms with E-state index in [4.69, 9.17) is 9.47 Å². The van der Waals surface area contributed by atoms with Crippen molar-refractivity contribution < 1.29 is 19.1 Å². The predicted molar refractivity (Wildman–Crippen MR) is 51.8 cm³/mol. The van der Waals surface area contributed by atoms with Crippen molar-refractivity contribution in [2.45, 2.75) is 12.8 Å². The molecule has 2 aliphatic carbocycles. The summed E-state index contributed by atoms with van der Waals surface area (Å²) in [6, 6.07) is 0. The van der Waals surface area contributed by atoms with Gasteiger partial charge in [-0.3, -0.25) is 9.59 Å². The molecule has 0 aromatic carbocycles. The Morgan fingerprint density at radius 2 is 2.07 bits per heavy atom. The molecule has 0 heterocycles. The molecule has 1 fully saturated rings. The van der Waals surface area contributed by atoms with Crippen molar-refractivity contribution in [1.82, 2.24) is 0 Å². The van der Waals surface area contributed by atoms with E-state index >= 15 is 0 Å². The van der Waals surface area contributed by atoms with Crippen LogP contribution in [0.25, 0.3) is 0 Å². The smallest absolute Gasteiger partial charge is 0.316 e. The third-order valence-corrected chi connectivity index (χ3v) is 3.48. The Bertz CT molecular complexity index is 333. The van der Waals surface area contributed by atoms with Crippen molar-refractivity contribution in [2.75, 3.05) is 14.2 Å². The Kier molecular flexibility index (Phi) is 2.29. The second kappa shape index (κ2) is 3.36. The minimum absolute atomic E-state index is 0.313. The molecular formula is C11H14O4. The zero-order valence-electron chi connectivity index (χ0n) is 8.86. The molecule has 0 N–H and O–H groups in total. The molecule has 0 aliphatic heterocycles. The van der Waals surface area contributed by atoms with E-state index in [0.29, 0.717) is 18.8 Å². The molecular weight excluding hydrogens is 196 g/mol. The molecule has 4 heteroatoms. The molecule has 0 saturated heterocycles. The average molecular weight is 210 g/mol. The molecule has 0 radical (unpaired) electrons. The molecule has 1 saturated carbocycles. The summed E-state index contributed by atoms with van der Waals surface area (Å²) in [6.07, 6.45) is 5.18. The minimum atomic E-state index is -0.757. The van der Waals surface area contributed by atoms with Crippen molar-refractivity contribution in [3.63, 3.8) is 0 Å². The summed E-state index contributed by atoms with van der Waals surface area (Å²) in [5.41, 5.74) is -0.757. The molecule has 3 atom stereocenters. The van der Waals surface area contributed by atoms with Crippen LogP contribution in [0.1, 0.15) is 12.8 Å². The summed E-state index contributed by atoms with van der Waals surface area (Å²) in [7, 11) is 2.70. The quantitative estimate of drug-likeness (QED) is 0.502. The van der Waals surface area contributed by atoms with Gasteiger partial charge in [-0.25, -0.2) is 0 Å². The zero-order valence-corrected chi connectivity index (χ0v) is 8.86. The van der Waals surface area contributed by atoms with Gasteiger partial charge in [0.2, 0.25) is 0 Å². The number of hydrogen-bond donors (Lipinski definition) is 0. The second-order valence-corrected chi connectivity index (χ2v) is 4.17. The van der Waals surface area contributed by atoms with Gasteiger partial charge < -0.3 is 9.47 Å². The fourth-order valence-corrected chi connectivity index (χ4v) is 2.74. The van der Waals surface area contributed by atoms with Crippen LogP contribution in [0.5, 0.6) is 0 Å². The molecule has 0 aromatic rings. The molecule has 4 nitrogen and oxygen atoms in total. The first kappa shape index (κ1) is 10.2. The summed E-state index contributed by atoms with van der Waals surface area (Å²) < 4.78 is 9.51. The van der Waals surface area contributed by atoms with Crippen LogP contribution in [-0.2, 0) is 19.1 Å². The Morgan fingerprint density at radius 3 is 2.60 bits per heavy atom. The third kappa shape index (κ3) is 1.28. The number of esters is 2. The lowest BCUT2D eigenvalue weighted by Gasteiger charge is -2.27. The van der Waals surface area contributed by atoms with Crippen LogP contribution < -0.4 is 0 Å². The Balaban J connectivity index is 2.31. The van der Waals surface area contributed by atoms with Crippen molar-refractivity contribution in [3.8, 4) is 0 Å². The van der Waals surface area contributed by atoms with Crippen LogP contribution in [0, 0.1) is 17.3 Å². The monoisotopic (exact) mass is 210 g/mol. The lowest BCUT2D eigenvalue weighted by atomic mass is 9.78. The highest BCUT2D eigenvalue weighted by molar-refractivity contribution is 5.88. The van der Waals surface area contributed by atoms with Crippen LogP contribution in [-0.4, -0.2) is 26.2 Å². The number of fused-ring (bicyclic) bond motifs is 2. The van der Waals surface area contributed by atoms with Crippen LogP contribution in [0.3, 0.4) is 0 Å². The lowest BCUT2D eigenvalue weighted by Crippen LogP contribution is -2.38. The van der Waals surface area contributed by atoms with Crippen LogP contribution in [0.15, 0.2) is 12.2 Å². The number of methoxy groups -OCH3 is 2. The maximum Gasteiger partial charge on any atom is 0.316 e. The zero-order chi connectivity index (χ0) is 11.1. The highest BCUT2D eigenvalue weighted by Gasteiger charge is 2.57. The number of carbonyl (C=O) groups is 2. The van der Waals surface area contributed by atoms with Gasteiger partial charge in [-0.1, -0.05) is 12.2 Å². The van der Waals surface area contributed by atoms with Crippen LogP contribution in [0.2, 0.25) is 0 Å². The largest absolute Gasteiger partial charge is 0.469 e. The van der Waals surface area contributed by atoms with Gasteiger partial charge in [0.1, 0.15) is 0 Å². The first-order chi connectivity index (χ1) is 7.14. The molecule has 0 amide bonds. The Hall–Kier alpha value is -1.32. The molecule has 2 aliphatic rings. The van der Waals surface area contributed by atoms with Gasteiger partial charge in [-0.15, -0.1) is 0 Å². The topological polar surface area (TPSA) is 52.6 Å². The van der Waals surface area contributed by atoms with Gasteiger partial charge in [-0.05, 0) is 18.8 Å². The Labute approximate surface area is 88.2 Å². The molecule has 82 valence electrons. The number of ether oxygens (including phenoxy) is 2. The van der Waals surface area contributed by atoms with Crippen molar-refractivity contribution in [3.05, 3.63) is 12.2 Å². The van der Waals surface area contributed by atoms with Gasteiger partial charge in [0, 0.05) is 0 Å². The van der Waals surface area contributed by atoms with E-state index in [0.717, 1.165) is 0 Å². The number of hydrogen-bond acceptors (Lipinski definition) is 4. The van der Waals surface area contributed by atoms with Crippen molar-refractivity contribution in [1.29, 1.82) is 0 Å². The van der Waals surface area contributed by atoms with Gasteiger partial charge >= 0.3 is 11.9 Å². The van der Waals surface area contributed by atoms with E-state index in [1.807, 2.05) is 12.2 Å². The average Bonchev–Trinajstić information content (AvgIpc) is 2.85. The highest BCUT2D eigenvalue weighted by Crippen LogP contribution is 2.54. The van der Waals surface area contributed by atoms with E-state index < -0.39 is 5.41 Å². The summed E-state index contributed by atoms with van der Waals surface area (Å²) in [5.74, 6) is -0.695. The van der Waals surface area contributed by atoms with Crippen molar-refractivity contribution >= 4 is 11.9 Å². The van der Waals surface area contributed by atoms with Crippen LogP contribution in [0.4, 0.5) is 0 Å². The molecule has 2 bridgehead atoms. The second-order valence-electron chi connectivity index (χ2n) is 4.17. The highest BCUT2D eigenvalue weighted by atomic mass is 16.5. The fraction of sp³-hybridized carbons (Fsp3) is 0.636. The van der Waals surface area contributed by atoms with Gasteiger partial charge in [-0.2, -0.15) is 0 Å². The summed E-state index contributed by atoms with van der Waals surface area (Å²) in [4.78, 5) is 23.3. The van der Waals surface area contributed by atoms with E-state index in [1.54, 1.807) is 0 Å². The van der Waals surface area contributed by atoms with Gasteiger partial charge in [0.15, 0.2) is 0 Å². The third-order valence-electron chi connectivity index (χ3n) is 3.48. The Morgan fingerprint density at radius 1 is 1.33 bits per heavy atom. The maximum absolute atomic E-state index is 11.7. The first-order valence-corrected chi connectivity index (χ1v) is 4.99. The number of carbonyl (C=O) groups excluding carboxylic acids is 2. The minimum Gasteiger partial charge on any atom is -0.469 e. The summed E-state index contributed by atoms with van der Waals surface area (Å²) >= 11 is 0. The van der Waals surface area contributed by atoms with Crippen molar-refractivity contribution in [2.24, 2.45) is 17.3 Å². The molecule has 15 heavy (non-hydrogen) atoms. The molecule has 3 unspecified atom stereocenters. The maximum atomic E-state index is 11.7. The van der Waals surface area contributed by atoms with E-state index in [1.165, 1.54) is 14.2 Å². The predicted octanol–water partition coefficient (Wildman–Crippen LogP) is 0.915. The summed E-state index contributed by atoms with van der Waals surface area (Å²) in [6.45, 7) is 0. The molecule has 0 spiro atoms. The molecule has 2 rings (SSSR count). The summed E-state index contributed by atoms with van der Waals surface area (Å²) in [5, 5.41) is 0. The molecule has 0 aromatic heterocycles. The van der Waals surface area contributed by atoms with Crippen LogP contribution >= 0.6 is 0 Å². The van der Waals surface area contributed by atoms with Gasteiger partial charge in [0.05, 0.1) is 25.6 Å². The normalized spacial score (nSPS) is 36.7. The standard InChI is InChI=1S/C11H14O4/c1-14-9(12)8-5-7-3-4-11(8,6-7)10(13)15-2/h3-4,7-8H,5-6H2,1-2H3.